The number of halogens is 1. The average molecular weight is 364 g/mol. The molecule has 25 heavy (non-hydrogen) atoms. The van der Waals surface area contributed by atoms with E-state index in [2.05, 4.69) is 5.32 Å². The van der Waals surface area contributed by atoms with Gasteiger partial charge in [0.25, 0.3) is 0 Å². The van der Waals surface area contributed by atoms with Gasteiger partial charge < -0.3 is 19.9 Å². The molecule has 0 aromatic heterocycles. The van der Waals surface area contributed by atoms with Gasteiger partial charge in [-0.05, 0) is 43.2 Å². The normalized spacial score (nSPS) is 11.7. The van der Waals surface area contributed by atoms with E-state index in [1.807, 2.05) is 6.92 Å². The zero-order chi connectivity index (χ0) is 18.4. The zero-order valence-corrected chi connectivity index (χ0v) is 15.3. The minimum Gasteiger partial charge on any atom is -0.497 e. The second-order valence-corrected chi connectivity index (χ2v) is 6.03. The zero-order valence-electron chi connectivity index (χ0n) is 14.5. The predicted molar refractivity (Wildman–Crippen MR) is 98.6 cm³/mol. The molecule has 0 saturated carbocycles. The van der Waals surface area contributed by atoms with Crippen molar-refractivity contribution in [3.8, 4) is 11.5 Å². The van der Waals surface area contributed by atoms with Gasteiger partial charge in [0.1, 0.15) is 11.5 Å². The molecule has 0 radical (unpaired) electrons. The van der Waals surface area contributed by atoms with Crippen LogP contribution in [0.5, 0.6) is 11.5 Å². The summed E-state index contributed by atoms with van der Waals surface area (Å²) in [5, 5.41) is 13.8. The molecule has 2 N–H and O–H groups in total. The summed E-state index contributed by atoms with van der Waals surface area (Å²) >= 11 is 6.05. The maximum Gasteiger partial charge on any atom is 0.224 e. The molecule has 1 atom stereocenters. The molecule has 0 aliphatic heterocycles. The van der Waals surface area contributed by atoms with Crippen LogP contribution in [0.1, 0.15) is 30.1 Å². The summed E-state index contributed by atoms with van der Waals surface area (Å²) in [6, 6.07) is 10.5. The van der Waals surface area contributed by atoms with E-state index < -0.39 is 6.10 Å². The summed E-state index contributed by atoms with van der Waals surface area (Å²) in [4.78, 5) is 12.2. The number of amides is 1. The van der Waals surface area contributed by atoms with Gasteiger partial charge in [-0.1, -0.05) is 17.7 Å². The minimum atomic E-state index is -0.813. The topological polar surface area (TPSA) is 67.8 Å². The van der Waals surface area contributed by atoms with Crippen LogP contribution in [0.15, 0.2) is 36.4 Å². The van der Waals surface area contributed by atoms with Gasteiger partial charge in [-0.2, -0.15) is 0 Å². The summed E-state index contributed by atoms with van der Waals surface area (Å²) in [5.74, 6) is 0.983. The highest BCUT2D eigenvalue weighted by Gasteiger charge is 2.16. The average Bonchev–Trinajstić information content (AvgIpc) is 2.62. The third-order valence-corrected chi connectivity index (χ3v) is 4.40. The Morgan fingerprint density at radius 2 is 2.00 bits per heavy atom. The van der Waals surface area contributed by atoms with E-state index in [1.54, 1.807) is 43.5 Å². The molecule has 1 unspecified atom stereocenters. The van der Waals surface area contributed by atoms with Crippen LogP contribution < -0.4 is 14.8 Å². The lowest BCUT2D eigenvalue weighted by molar-refractivity contribution is -0.116. The van der Waals surface area contributed by atoms with Gasteiger partial charge in [0.2, 0.25) is 5.91 Å². The van der Waals surface area contributed by atoms with Crippen molar-refractivity contribution < 1.29 is 19.4 Å². The van der Waals surface area contributed by atoms with Gasteiger partial charge in [0, 0.05) is 28.8 Å². The van der Waals surface area contributed by atoms with Gasteiger partial charge in [-0.3, -0.25) is 4.79 Å². The Balaban J connectivity index is 1.98. The van der Waals surface area contributed by atoms with Gasteiger partial charge in [0.15, 0.2) is 0 Å². The van der Waals surface area contributed by atoms with Crippen LogP contribution in [0.25, 0.3) is 0 Å². The van der Waals surface area contributed by atoms with Gasteiger partial charge in [-0.25, -0.2) is 0 Å². The van der Waals surface area contributed by atoms with E-state index in [4.69, 9.17) is 21.1 Å². The van der Waals surface area contributed by atoms with E-state index in [1.165, 1.54) is 7.11 Å². The van der Waals surface area contributed by atoms with Gasteiger partial charge in [0.05, 0.1) is 20.3 Å². The molecule has 2 aromatic carbocycles. The molecule has 0 saturated heterocycles. The highest BCUT2D eigenvalue weighted by Crippen LogP contribution is 2.31. The predicted octanol–water partition coefficient (Wildman–Crippen LogP) is 4.12. The standard InChI is InChI=1S/C19H22ClNO4/c1-12-15(20)5-4-6-16(12)21-19(23)10-9-17(22)14-8-7-13(24-2)11-18(14)25-3/h4-8,11,17,22H,9-10H2,1-3H3,(H,21,23). The maximum atomic E-state index is 12.2. The first kappa shape index (κ1) is 19.1. The van der Waals surface area contributed by atoms with Gasteiger partial charge >= 0.3 is 0 Å². The SMILES string of the molecule is COc1ccc(C(O)CCC(=O)Nc2cccc(Cl)c2C)c(OC)c1. The van der Waals surface area contributed by atoms with E-state index in [9.17, 15) is 9.90 Å². The number of anilines is 1. The first-order chi connectivity index (χ1) is 12.0. The Labute approximate surface area is 152 Å². The Hall–Kier alpha value is -2.24. The molecule has 0 heterocycles. The Morgan fingerprint density at radius 1 is 1.24 bits per heavy atom. The molecule has 2 aromatic rings. The van der Waals surface area contributed by atoms with Crippen LogP contribution in [0.4, 0.5) is 5.69 Å². The van der Waals surface area contributed by atoms with Crippen LogP contribution in [0, 0.1) is 6.92 Å². The molecule has 0 bridgehead atoms. The summed E-state index contributed by atoms with van der Waals surface area (Å²) in [7, 11) is 3.09. The second-order valence-electron chi connectivity index (χ2n) is 5.62. The maximum absolute atomic E-state index is 12.2. The molecule has 0 aliphatic rings. The van der Waals surface area contributed by atoms with Crippen molar-refractivity contribution in [1.82, 2.24) is 0 Å². The Kier molecular flexibility index (Phi) is 6.67. The first-order valence-corrected chi connectivity index (χ1v) is 8.29. The quantitative estimate of drug-likeness (QED) is 0.776. The summed E-state index contributed by atoms with van der Waals surface area (Å²) in [5.41, 5.74) is 2.11. The number of carbonyl (C=O) groups is 1. The first-order valence-electron chi connectivity index (χ1n) is 7.91. The minimum absolute atomic E-state index is 0.169. The number of carbonyl (C=O) groups excluding carboxylic acids is 1. The Bertz CT molecular complexity index is 748. The van der Waals surface area contributed by atoms with Crippen molar-refractivity contribution >= 4 is 23.2 Å². The Morgan fingerprint density at radius 3 is 2.68 bits per heavy atom. The fourth-order valence-corrected chi connectivity index (χ4v) is 2.65. The third kappa shape index (κ3) is 4.87. The van der Waals surface area contributed by atoms with Crippen molar-refractivity contribution in [2.45, 2.75) is 25.9 Å². The monoisotopic (exact) mass is 363 g/mol. The number of ether oxygens (including phenoxy) is 2. The molecule has 5 nitrogen and oxygen atoms in total. The number of hydrogen-bond donors (Lipinski definition) is 2. The smallest absolute Gasteiger partial charge is 0.224 e. The van der Waals surface area contributed by atoms with Crippen molar-refractivity contribution in [2.75, 3.05) is 19.5 Å². The number of aliphatic hydroxyl groups is 1. The van der Waals surface area contributed by atoms with Crippen molar-refractivity contribution in [3.05, 3.63) is 52.5 Å². The van der Waals surface area contributed by atoms with E-state index in [0.29, 0.717) is 27.8 Å². The van der Waals surface area contributed by atoms with Crippen LogP contribution >= 0.6 is 11.6 Å². The van der Waals surface area contributed by atoms with Crippen molar-refractivity contribution in [3.63, 3.8) is 0 Å². The lowest BCUT2D eigenvalue weighted by atomic mass is 10.0. The number of aliphatic hydroxyl groups excluding tert-OH is 1. The molecule has 1 amide bonds. The molecule has 2 rings (SSSR count). The molecule has 134 valence electrons. The largest absolute Gasteiger partial charge is 0.497 e. The molecular formula is C19H22ClNO4. The number of nitrogens with one attached hydrogen (secondary N) is 1. The van der Waals surface area contributed by atoms with E-state index >= 15 is 0 Å². The molecule has 0 aliphatic carbocycles. The van der Waals surface area contributed by atoms with Crippen LogP contribution in [-0.2, 0) is 4.79 Å². The van der Waals surface area contributed by atoms with E-state index in [0.717, 1.165) is 5.56 Å². The van der Waals surface area contributed by atoms with Crippen LogP contribution in [-0.4, -0.2) is 25.2 Å². The van der Waals surface area contributed by atoms with Gasteiger partial charge in [-0.15, -0.1) is 0 Å². The lowest BCUT2D eigenvalue weighted by Crippen LogP contribution is -2.14. The molecular weight excluding hydrogens is 342 g/mol. The molecule has 0 fully saturated rings. The third-order valence-electron chi connectivity index (χ3n) is 3.99. The number of rotatable bonds is 7. The van der Waals surface area contributed by atoms with Crippen molar-refractivity contribution in [2.24, 2.45) is 0 Å². The number of methoxy groups -OCH3 is 2. The summed E-state index contributed by atoms with van der Waals surface area (Å²) in [6.07, 6.45) is -0.372. The van der Waals surface area contributed by atoms with Crippen LogP contribution in [0.3, 0.4) is 0 Å². The highest BCUT2D eigenvalue weighted by molar-refractivity contribution is 6.31. The summed E-state index contributed by atoms with van der Waals surface area (Å²) < 4.78 is 10.4. The molecule has 6 heteroatoms. The van der Waals surface area contributed by atoms with Crippen LogP contribution in [0.2, 0.25) is 5.02 Å². The fourth-order valence-electron chi connectivity index (χ4n) is 2.47. The fraction of sp³-hybridized carbons (Fsp3) is 0.316. The highest BCUT2D eigenvalue weighted by atomic mass is 35.5. The second kappa shape index (κ2) is 8.74. The summed E-state index contributed by atoms with van der Waals surface area (Å²) in [6.45, 7) is 1.84. The van der Waals surface area contributed by atoms with E-state index in [-0.39, 0.29) is 18.7 Å². The number of benzene rings is 2. The molecule has 0 spiro atoms. The lowest BCUT2D eigenvalue weighted by Gasteiger charge is -2.16. The number of hydrogen-bond acceptors (Lipinski definition) is 4. The van der Waals surface area contributed by atoms with Crippen molar-refractivity contribution in [1.29, 1.82) is 0 Å².